The normalized spacial score (nSPS) is 10.2. The topological polar surface area (TPSA) is 26.3 Å². The fourth-order valence-electron chi connectivity index (χ4n) is 1.83. The first-order valence-corrected chi connectivity index (χ1v) is 6.90. The predicted molar refractivity (Wildman–Crippen MR) is 79.8 cm³/mol. The first kappa shape index (κ1) is 13.8. The largest absolute Gasteiger partial charge is 0.497 e. The zero-order chi connectivity index (χ0) is 13.7. The van der Waals surface area contributed by atoms with Gasteiger partial charge in [-0.1, -0.05) is 28.1 Å². The summed E-state index contributed by atoms with van der Waals surface area (Å²) in [4.78, 5) is 12.0. The average molecular weight is 319 g/mol. The molecule has 0 aliphatic heterocycles. The Labute approximate surface area is 121 Å². The second-order valence-corrected chi connectivity index (χ2v) is 5.19. The molecule has 0 unspecified atom stereocenters. The minimum atomic E-state index is 0.158. The van der Waals surface area contributed by atoms with Crippen molar-refractivity contribution >= 4 is 21.7 Å². The standard InChI is InChI=1S/C16H15BrO2/c1-19-15-9-5-13(6-10-15)16(18)11-4-12-2-7-14(17)8-3-12/h2-3,5-10H,4,11H2,1H3. The molecule has 0 N–H and O–H groups in total. The summed E-state index contributed by atoms with van der Waals surface area (Å²) < 4.78 is 6.13. The number of ether oxygens (including phenoxy) is 1. The molecule has 0 saturated carbocycles. The Balaban J connectivity index is 1.95. The molecule has 2 nitrogen and oxygen atoms in total. The smallest absolute Gasteiger partial charge is 0.163 e. The maximum Gasteiger partial charge on any atom is 0.163 e. The maximum absolute atomic E-state index is 12.0. The van der Waals surface area contributed by atoms with Gasteiger partial charge < -0.3 is 4.74 Å². The highest BCUT2D eigenvalue weighted by molar-refractivity contribution is 9.10. The number of ketones is 1. The van der Waals surface area contributed by atoms with Gasteiger partial charge in [0.2, 0.25) is 0 Å². The van der Waals surface area contributed by atoms with E-state index in [0.29, 0.717) is 6.42 Å². The Morgan fingerprint density at radius 3 is 2.26 bits per heavy atom. The van der Waals surface area contributed by atoms with Gasteiger partial charge in [0.1, 0.15) is 5.75 Å². The molecule has 0 aromatic heterocycles. The van der Waals surface area contributed by atoms with E-state index in [-0.39, 0.29) is 5.78 Å². The van der Waals surface area contributed by atoms with Crippen LogP contribution in [0, 0.1) is 0 Å². The summed E-state index contributed by atoms with van der Waals surface area (Å²) in [6.07, 6.45) is 1.28. The minimum Gasteiger partial charge on any atom is -0.497 e. The number of hydrogen-bond donors (Lipinski definition) is 0. The van der Waals surface area contributed by atoms with Crippen molar-refractivity contribution in [1.82, 2.24) is 0 Å². The number of methoxy groups -OCH3 is 1. The molecule has 98 valence electrons. The Morgan fingerprint density at radius 2 is 1.68 bits per heavy atom. The number of carbonyl (C=O) groups excluding carboxylic acids is 1. The zero-order valence-electron chi connectivity index (χ0n) is 10.7. The van der Waals surface area contributed by atoms with Crippen LogP contribution in [0.2, 0.25) is 0 Å². The lowest BCUT2D eigenvalue weighted by molar-refractivity contribution is 0.0983. The fourth-order valence-corrected chi connectivity index (χ4v) is 2.09. The molecular weight excluding hydrogens is 304 g/mol. The van der Waals surface area contributed by atoms with E-state index >= 15 is 0 Å². The van der Waals surface area contributed by atoms with E-state index in [2.05, 4.69) is 15.9 Å². The van der Waals surface area contributed by atoms with Crippen molar-refractivity contribution in [2.75, 3.05) is 7.11 Å². The van der Waals surface area contributed by atoms with Gasteiger partial charge in [-0.15, -0.1) is 0 Å². The van der Waals surface area contributed by atoms with Crippen LogP contribution < -0.4 is 4.74 Å². The van der Waals surface area contributed by atoms with E-state index < -0.39 is 0 Å². The van der Waals surface area contributed by atoms with Crippen molar-refractivity contribution in [1.29, 1.82) is 0 Å². The molecule has 0 atom stereocenters. The Bertz CT molecular complexity index is 544. The van der Waals surface area contributed by atoms with Gasteiger partial charge in [0.25, 0.3) is 0 Å². The number of rotatable bonds is 5. The Morgan fingerprint density at radius 1 is 1.05 bits per heavy atom. The van der Waals surface area contributed by atoms with Crippen LogP contribution in [0.15, 0.2) is 53.0 Å². The molecule has 0 amide bonds. The summed E-state index contributed by atoms with van der Waals surface area (Å²) in [6, 6.07) is 15.3. The van der Waals surface area contributed by atoms with Gasteiger partial charge in [-0.25, -0.2) is 0 Å². The molecule has 0 saturated heterocycles. The van der Waals surface area contributed by atoms with E-state index in [4.69, 9.17) is 4.74 Å². The summed E-state index contributed by atoms with van der Waals surface area (Å²) in [6.45, 7) is 0. The molecule has 0 aliphatic carbocycles. The molecule has 0 aliphatic rings. The molecule has 0 radical (unpaired) electrons. The number of halogens is 1. The summed E-state index contributed by atoms with van der Waals surface area (Å²) in [5.41, 5.74) is 1.91. The second kappa shape index (κ2) is 6.53. The Hall–Kier alpha value is -1.61. The van der Waals surface area contributed by atoms with E-state index in [1.54, 1.807) is 7.11 Å². The van der Waals surface area contributed by atoms with Crippen molar-refractivity contribution < 1.29 is 9.53 Å². The lowest BCUT2D eigenvalue weighted by Crippen LogP contribution is -2.01. The highest BCUT2D eigenvalue weighted by Gasteiger charge is 2.06. The highest BCUT2D eigenvalue weighted by atomic mass is 79.9. The van der Waals surface area contributed by atoms with Crippen LogP contribution in [0.1, 0.15) is 22.3 Å². The van der Waals surface area contributed by atoms with E-state index in [1.165, 1.54) is 5.56 Å². The second-order valence-electron chi connectivity index (χ2n) is 4.28. The van der Waals surface area contributed by atoms with Crippen molar-refractivity contribution in [2.45, 2.75) is 12.8 Å². The fraction of sp³-hybridized carbons (Fsp3) is 0.188. The van der Waals surface area contributed by atoms with Crippen LogP contribution in [-0.4, -0.2) is 12.9 Å². The maximum atomic E-state index is 12.0. The first-order valence-electron chi connectivity index (χ1n) is 6.11. The van der Waals surface area contributed by atoms with Crippen molar-refractivity contribution in [3.8, 4) is 5.75 Å². The molecular formula is C16H15BrO2. The van der Waals surface area contributed by atoms with Gasteiger partial charge in [0.05, 0.1) is 7.11 Å². The quantitative estimate of drug-likeness (QED) is 0.769. The molecule has 2 aromatic carbocycles. The average Bonchev–Trinajstić information content (AvgIpc) is 2.46. The minimum absolute atomic E-state index is 0.158. The Kier molecular flexibility index (Phi) is 4.74. The van der Waals surface area contributed by atoms with E-state index in [9.17, 15) is 4.79 Å². The summed E-state index contributed by atoms with van der Waals surface area (Å²) >= 11 is 3.40. The van der Waals surface area contributed by atoms with Gasteiger partial charge >= 0.3 is 0 Å². The van der Waals surface area contributed by atoms with Crippen LogP contribution in [0.25, 0.3) is 0 Å². The van der Waals surface area contributed by atoms with Gasteiger partial charge in [-0.2, -0.15) is 0 Å². The molecule has 0 fully saturated rings. The van der Waals surface area contributed by atoms with Crippen LogP contribution in [0.4, 0.5) is 0 Å². The van der Waals surface area contributed by atoms with Crippen molar-refractivity contribution in [2.24, 2.45) is 0 Å². The number of benzene rings is 2. The predicted octanol–water partition coefficient (Wildman–Crippen LogP) is 4.27. The molecule has 2 aromatic rings. The third-order valence-electron chi connectivity index (χ3n) is 2.97. The summed E-state index contributed by atoms with van der Waals surface area (Å²) in [5, 5.41) is 0. The lowest BCUT2D eigenvalue weighted by Gasteiger charge is -2.04. The number of carbonyl (C=O) groups is 1. The van der Waals surface area contributed by atoms with Crippen LogP contribution >= 0.6 is 15.9 Å². The number of hydrogen-bond acceptors (Lipinski definition) is 2. The third kappa shape index (κ3) is 3.93. The van der Waals surface area contributed by atoms with Crippen LogP contribution in [0.3, 0.4) is 0 Å². The van der Waals surface area contributed by atoms with Crippen LogP contribution in [-0.2, 0) is 6.42 Å². The third-order valence-corrected chi connectivity index (χ3v) is 3.49. The molecule has 19 heavy (non-hydrogen) atoms. The molecule has 2 rings (SSSR count). The monoisotopic (exact) mass is 318 g/mol. The molecule has 0 heterocycles. The zero-order valence-corrected chi connectivity index (χ0v) is 12.3. The van der Waals surface area contributed by atoms with E-state index in [1.807, 2.05) is 48.5 Å². The van der Waals surface area contributed by atoms with E-state index in [0.717, 1.165) is 22.2 Å². The number of aryl methyl sites for hydroxylation is 1. The van der Waals surface area contributed by atoms with Crippen molar-refractivity contribution in [3.63, 3.8) is 0 Å². The molecule has 3 heteroatoms. The van der Waals surface area contributed by atoms with Gasteiger partial charge in [-0.3, -0.25) is 4.79 Å². The highest BCUT2D eigenvalue weighted by Crippen LogP contribution is 2.15. The van der Waals surface area contributed by atoms with Gasteiger partial charge in [-0.05, 0) is 48.4 Å². The SMILES string of the molecule is COc1ccc(C(=O)CCc2ccc(Br)cc2)cc1. The lowest BCUT2D eigenvalue weighted by atomic mass is 10.0. The van der Waals surface area contributed by atoms with Crippen molar-refractivity contribution in [3.05, 3.63) is 64.1 Å². The first-order chi connectivity index (χ1) is 9.19. The molecule has 0 bridgehead atoms. The van der Waals surface area contributed by atoms with Crippen LogP contribution in [0.5, 0.6) is 5.75 Å². The van der Waals surface area contributed by atoms with Gasteiger partial charge in [0.15, 0.2) is 5.78 Å². The summed E-state index contributed by atoms with van der Waals surface area (Å²) in [7, 11) is 1.62. The molecule has 0 spiro atoms. The summed E-state index contributed by atoms with van der Waals surface area (Å²) in [5.74, 6) is 0.926. The van der Waals surface area contributed by atoms with Gasteiger partial charge in [0, 0.05) is 16.5 Å². The number of Topliss-reactive ketones (excluding diaryl/α,β-unsaturated/α-hetero) is 1.